The second-order valence-corrected chi connectivity index (χ2v) is 8.94. The predicted molar refractivity (Wildman–Crippen MR) is 143 cm³/mol. The number of carbonyl (C=O) groups excluding carboxylic acids is 1. The standard InChI is InChI=1S/C27H28N4O4S/c1-18-9-11-19(12-10-18)16-31-22-8-6-5-7-21(22)29-27(31)36-17-25(32)30-28-15-20-13-23(33-2)26(35-4)24(14-20)34-3/h5-15H,16-17H2,1-4H3,(H,30,32). The van der Waals surface area contributed by atoms with Gasteiger partial charge in [-0.2, -0.15) is 5.10 Å². The first-order valence-electron chi connectivity index (χ1n) is 11.3. The summed E-state index contributed by atoms with van der Waals surface area (Å²) < 4.78 is 18.2. The fourth-order valence-corrected chi connectivity index (χ4v) is 4.52. The van der Waals surface area contributed by atoms with E-state index < -0.39 is 0 Å². The topological polar surface area (TPSA) is 87.0 Å². The number of ether oxygens (including phenoxy) is 3. The molecular formula is C27H28N4O4S. The molecule has 1 amide bonds. The molecular weight excluding hydrogens is 476 g/mol. The van der Waals surface area contributed by atoms with Crippen molar-refractivity contribution >= 4 is 34.9 Å². The van der Waals surface area contributed by atoms with Gasteiger partial charge in [0.1, 0.15) is 0 Å². The Morgan fingerprint density at radius 2 is 1.72 bits per heavy atom. The normalized spacial score (nSPS) is 11.1. The Labute approximate surface area is 214 Å². The summed E-state index contributed by atoms with van der Waals surface area (Å²) in [5.74, 6) is 1.44. The van der Waals surface area contributed by atoms with E-state index in [0.29, 0.717) is 29.4 Å². The number of carbonyl (C=O) groups is 1. The van der Waals surface area contributed by atoms with E-state index in [1.807, 2.05) is 24.3 Å². The monoisotopic (exact) mass is 504 g/mol. The number of fused-ring (bicyclic) bond motifs is 1. The van der Waals surface area contributed by atoms with Gasteiger partial charge in [-0.15, -0.1) is 0 Å². The highest BCUT2D eigenvalue weighted by Gasteiger charge is 2.14. The molecule has 0 saturated heterocycles. The number of hydrogen-bond acceptors (Lipinski definition) is 7. The predicted octanol–water partition coefficient (Wildman–Crippen LogP) is 4.66. The van der Waals surface area contributed by atoms with Crippen LogP contribution in [0.15, 0.2) is 70.9 Å². The Hall–Kier alpha value is -3.98. The fourth-order valence-electron chi connectivity index (χ4n) is 3.71. The SMILES string of the molecule is COc1cc(C=NNC(=O)CSc2nc3ccccc3n2Cc2ccc(C)cc2)cc(OC)c1OC. The molecule has 9 heteroatoms. The molecule has 186 valence electrons. The molecule has 36 heavy (non-hydrogen) atoms. The average Bonchev–Trinajstić information content (AvgIpc) is 3.25. The molecule has 0 spiro atoms. The lowest BCUT2D eigenvalue weighted by molar-refractivity contribution is -0.118. The van der Waals surface area contributed by atoms with E-state index in [1.165, 1.54) is 29.1 Å². The van der Waals surface area contributed by atoms with E-state index in [4.69, 9.17) is 19.2 Å². The Morgan fingerprint density at radius 1 is 1.03 bits per heavy atom. The molecule has 1 N–H and O–H groups in total. The van der Waals surface area contributed by atoms with Crippen molar-refractivity contribution in [2.24, 2.45) is 5.10 Å². The third-order valence-electron chi connectivity index (χ3n) is 5.50. The van der Waals surface area contributed by atoms with Gasteiger partial charge < -0.3 is 18.8 Å². The number of hydrogen-bond donors (Lipinski definition) is 1. The van der Waals surface area contributed by atoms with Crippen molar-refractivity contribution in [1.82, 2.24) is 15.0 Å². The van der Waals surface area contributed by atoms with Crippen LogP contribution in [0, 0.1) is 6.92 Å². The lowest BCUT2D eigenvalue weighted by atomic mass is 10.1. The Balaban J connectivity index is 1.44. The van der Waals surface area contributed by atoms with Gasteiger partial charge in [0.15, 0.2) is 16.7 Å². The van der Waals surface area contributed by atoms with Crippen molar-refractivity contribution in [3.8, 4) is 17.2 Å². The Morgan fingerprint density at radius 3 is 2.39 bits per heavy atom. The third-order valence-corrected chi connectivity index (χ3v) is 6.48. The number of aryl methyl sites for hydroxylation is 1. The van der Waals surface area contributed by atoms with Crippen molar-refractivity contribution < 1.29 is 19.0 Å². The Bertz CT molecular complexity index is 1360. The van der Waals surface area contributed by atoms with Crippen LogP contribution in [0.25, 0.3) is 11.0 Å². The van der Waals surface area contributed by atoms with E-state index in [9.17, 15) is 4.79 Å². The van der Waals surface area contributed by atoms with Gasteiger partial charge in [0.2, 0.25) is 5.75 Å². The molecule has 1 heterocycles. The molecule has 3 aromatic carbocycles. The van der Waals surface area contributed by atoms with Crippen LogP contribution in [-0.2, 0) is 11.3 Å². The minimum Gasteiger partial charge on any atom is -0.493 e. The zero-order valence-corrected chi connectivity index (χ0v) is 21.5. The zero-order valence-electron chi connectivity index (χ0n) is 20.6. The van der Waals surface area contributed by atoms with Crippen molar-refractivity contribution in [2.45, 2.75) is 18.6 Å². The summed E-state index contributed by atoms with van der Waals surface area (Å²) in [5.41, 5.74) is 7.58. The van der Waals surface area contributed by atoms with Crippen LogP contribution >= 0.6 is 11.8 Å². The number of amides is 1. The van der Waals surface area contributed by atoms with Crippen LogP contribution in [-0.4, -0.2) is 48.8 Å². The van der Waals surface area contributed by atoms with Crippen LogP contribution in [0.5, 0.6) is 17.2 Å². The first-order chi connectivity index (χ1) is 17.5. The molecule has 0 fully saturated rings. The van der Waals surface area contributed by atoms with Gasteiger partial charge in [0, 0.05) is 5.56 Å². The highest BCUT2D eigenvalue weighted by molar-refractivity contribution is 7.99. The maximum Gasteiger partial charge on any atom is 0.250 e. The first kappa shape index (κ1) is 25.1. The molecule has 4 aromatic rings. The van der Waals surface area contributed by atoms with E-state index in [0.717, 1.165) is 16.2 Å². The lowest BCUT2D eigenvalue weighted by Gasteiger charge is -2.12. The summed E-state index contributed by atoms with van der Waals surface area (Å²) in [6, 6.07) is 19.9. The van der Waals surface area contributed by atoms with Crippen LogP contribution in [0.2, 0.25) is 0 Å². The van der Waals surface area contributed by atoms with Crippen molar-refractivity contribution in [3.05, 3.63) is 77.4 Å². The van der Waals surface area contributed by atoms with Gasteiger partial charge >= 0.3 is 0 Å². The molecule has 0 aliphatic carbocycles. The number of nitrogens with zero attached hydrogens (tertiary/aromatic N) is 3. The van der Waals surface area contributed by atoms with Crippen LogP contribution in [0.3, 0.4) is 0 Å². The highest BCUT2D eigenvalue weighted by Crippen LogP contribution is 2.37. The number of nitrogens with one attached hydrogen (secondary N) is 1. The summed E-state index contributed by atoms with van der Waals surface area (Å²) in [6.45, 7) is 2.74. The van der Waals surface area contributed by atoms with Gasteiger partial charge in [0.25, 0.3) is 5.91 Å². The first-order valence-corrected chi connectivity index (χ1v) is 12.3. The molecule has 0 aliphatic heterocycles. The summed E-state index contributed by atoms with van der Waals surface area (Å²) in [6.07, 6.45) is 1.53. The lowest BCUT2D eigenvalue weighted by Crippen LogP contribution is -2.20. The number of rotatable bonds is 10. The molecule has 0 unspecified atom stereocenters. The van der Waals surface area contributed by atoms with E-state index in [2.05, 4.69) is 46.3 Å². The van der Waals surface area contributed by atoms with Crippen LogP contribution in [0.1, 0.15) is 16.7 Å². The second-order valence-electron chi connectivity index (χ2n) is 8.00. The summed E-state index contributed by atoms with van der Waals surface area (Å²) >= 11 is 1.38. The molecule has 8 nitrogen and oxygen atoms in total. The van der Waals surface area contributed by atoms with Gasteiger partial charge in [-0.05, 0) is 36.8 Å². The molecule has 1 aromatic heterocycles. The number of hydrazone groups is 1. The quantitative estimate of drug-likeness (QED) is 0.192. The van der Waals surface area contributed by atoms with Crippen molar-refractivity contribution in [3.63, 3.8) is 0 Å². The molecule has 0 aliphatic rings. The largest absolute Gasteiger partial charge is 0.493 e. The Kier molecular flexibility index (Phi) is 8.12. The van der Waals surface area contributed by atoms with E-state index in [-0.39, 0.29) is 11.7 Å². The number of benzene rings is 3. The minimum atomic E-state index is -0.238. The highest BCUT2D eigenvalue weighted by atomic mass is 32.2. The number of thioether (sulfide) groups is 1. The summed E-state index contributed by atoms with van der Waals surface area (Å²) in [7, 11) is 4.63. The van der Waals surface area contributed by atoms with Gasteiger partial charge in [-0.25, -0.2) is 10.4 Å². The second kappa shape index (κ2) is 11.6. The maximum atomic E-state index is 12.5. The number of methoxy groups -OCH3 is 3. The zero-order chi connectivity index (χ0) is 25.5. The minimum absolute atomic E-state index is 0.170. The van der Waals surface area contributed by atoms with Crippen molar-refractivity contribution in [1.29, 1.82) is 0 Å². The van der Waals surface area contributed by atoms with Crippen LogP contribution < -0.4 is 19.6 Å². The maximum absolute atomic E-state index is 12.5. The number of aromatic nitrogens is 2. The summed E-state index contributed by atoms with van der Waals surface area (Å²) in [5, 5.41) is 4.86. The molecule has 0 atom stereocenters. The summed E-state index contributed by atoms with van der Waals surface area (Å²) in [4.78, 5) is 17.3. The third kappa shape index (κ3) is 5.80. The molecule has 0 bridgehead atoms. The number of para-hydroxylation sites is 2. The smallest absolute Gasteiger partial charge is 0.250 e. The van der Waals surface area contributed by atoms with E-state index in [1.54, 1.807) is 33.5 Å². The van der Waals surface area contributed by atoms with E-state index >= 15 is 0 Å². The van der Waals surface area contributed by atoms with Gasteiger partial charge in [0.05, 0.1) is 50.9 Å². The van der Waals surface area contributed by atoms with Gasteiger partial charge in [-0.1, -0.05) is 53.7 Å². The number of imidazole rings is 1. The van der Waals surface area contributed by atoms with Crippen molar-refractivity contribution in [2.75, 3.05) is 27.1 Å². The average molecular weight is 505 g/mol. The molecule has 0 radical (unpaired) electrons. The van der Waals surface area contributed by atoms with Gasteiger partial charge in [-0.3, -0.25) is 4.79 Å². The molecule has 0 saturated carbocycles. The van der Waals surface area contributed by atoms with Crippen LogP contribution in [0.4, 0.5) is 0 Å². The fraction of sp³-hybridized carbons (Fsp3) is 0.222. The molecule has 4 rings (SSSR count).